The number of ether oxygens (including phenoxy) is 1. The van der Waals surface area contributed by atoms with Crippen LogP contribution in [0.5, 0.6) is 5.75 Å². The first kappa shape index (κ1) is 19.5. The Kier molecular flexibility index (Phi) is 10.1. The molecule has 0 radical (unpaired) electrons. The van der Waals surface area contributed by atoms with Crippen molar-refractivity contribution in [3.05, 3.63) is 24.3 Å². The smallest absolute Gasteiger partial charge is 0.238 e. The van der Waals surface area contributed by atoms with Crippen molar-refractivity contribution in [3.8, 4) is 5.75 Å². The molecule has 0 spiro atoms. The minimum absolute atomic E-state index is 0.0262. The van der Waals surface area contributed by atoms with Crippen LogP contribution in [0.1, 0.15) is 52.9 Å². The first-order valence-electron chi connectivity index (χ1n) is 8.94. The van der Waals surface area contributed by atoms with Crippen molar-refractivity contribution in [2.24, 2.45) is 0 Å². The van der Waals surface area contributed by atoms with Crippen LogP contribution in [0.15, 0.2) is 24.3 Å². The molecule has 0 unspecified atom stereocenters. The maximum absolute atomic E-state index is 11.9. The number of anilines is 1. The summed E-state index contributed by atoms with van der Waals surface area (Å²) in [5.74, 6) is 0.889. The highest BCUT2D eigenvalue weighted by atomic mass is 16.5. The lowest BCUT2D eigenvalue weighted by molar-refractivity contribution is -0.117. The lowest BCUT2D eigenvalue weighted by Gasteiger charge is -2.17. The van der Waals surface area contributed by atoms with Crippen LogP contribution in [-0.2, 0) is 4.79 Å². The summed E-state index contributed by atoms with van der Waals surface area (Å²) in [6.07, 6.45) is 6.19. The van der Waals surface area contributed by atoms with Gasteiger partial charge < -0.3 is 10.1 Å². The normalized spacial score (nSPS) is 10.8. The van der Waals surface area contributed by atoms with E-state index in [2.05, 4.69) is 31.0 Å². The predicted molar refractivity (Wildman–Crippen MR) is 97.1 cm³/mol. The van der Waals surface area contributed by atoms with Crippen LogP contribution in [0.25, 0.3) is 0 Å². The van der Waals surface area contributed by atoms with Gasteiger partial charge >= 0.3 is 0 Å². The number of amides is 1. The highest BCUT2D eigenvalue weighted by Gasteiger charge is 2.07. The number of hydrogen-bond donors (Lipinski definition) is 1. The van der Waals surface area contributed by atoms with E-state index in [1.165, 1.54) is 25.7 Å². The molecule has 0 saturated heterocycles. The van der Waals surface area contributed by atoms with Crippen LogP contribution < -0.4 is 10.1 Å². The van der Waals surface area contributed by atoms with Gasteiger partial charge in [0.05, 0.1) is 13.2 Å². The molecular weight excluding hydrogens is 288 g/mol. The van der Waals surface area contributed by atoms with Crippen LogP contribution in [0.2, 0.25) is 0 Å². The zero-order chi connectivity index (χ0) is 16.9. The molecule has 0 aliphatic rings. The highest BCUT2D eigenvalue weighted by molar-refractivity contribution is 5.92. The molecule has 1 amide bonds. The van der Waals surface area contributed by atoms with E-state index < -0.39 is 0 Å². The highest BCUT2D eigenvalue weighted by Crippen LogP contribution is 2.16. The summed E-state index contributed by atoms with van der Waals surface area (Å²) in [6.45, 7) is 9.31. The lowest BCUT2D eigenvalue weighted by atomic mass is 10.2. The number of unbranched alkanes of at least 4 members (excludes halogenated alkanes) is 4. The Labute approximate surface area is 141 Å². The fourth-order valence-electron chi connectivity index (χ4n) is 2.38. The zero-order valence-electron chi connectivity index (χ0n) is 14.9. The minimum atomic E-state index is 0.0262. The van der Waals surface area contributed by atoms with Crippen molar-refractivity contribution < 1.29 is 9.53 Å². The van der Waals surface area contributed by atoms with Gasteiger partial charge in [0.1, 0.15) is 5.75 Å². The zero-order valence-corrected chi connectivity index (χ0v) is 14.9. The van der Waals surface area contributed by atoms with E-state index in [-0.39, 0.29) is 5.91 Å². The fraction of sp³-hybridized carbons (Fsp3) is 0.632. The molecule has 0 heterocycles. The number of rotatable bonds is 12. The molecule has 0 aromatic heterocycles. The molecule has 130 valence electrons. The van der Waals surface area contributed by atoms with Gasteiger partial charge in [0, 0.05) is 5.69 Å². The first-order chi connectivity index (χ1) is 11.2. The van der Waals surface area contributed by atoms with E-state index in [4.69, 9.17) is 4.74 Å². The maximum Gasteiger partial charge on any atom is 0.238 e. The molecule has 0 fully saturated rings. The number of hydrogen-bond acceptors (Lipinski definition) is 3. The van der Waals surface area contributed by atoms with E-state index in [0.29, 0.717) is 6.54 Å². The Balaban J connectivity index is 2.28. The van der Waals surface area contributed by atoms with Crippen LogP contribution in [0.4, 0.5) is 5.69 Å². The first-order valence-corrected chi connectivity index (χ1v) is 8.94. The second-order valence-corrected chi connectivity index (χ2v) is 5.80. The molecule has 4 nitrogen and oxygen atoms in total. The van der Waals surface area contributed by atoms with Crippen LogP contribution in [-0.4, -0.2) is 37.0 Å². The Hall–Kier alpha value is -1.55. The van der Waals surface area contributed by atoms with Gasteiger partial charge in [0.25, 0.3) is 0 Å². The summed E-state index contributed by atoms with van der Waals surface area (Å²) < 4.78 is 5.72. The van der Waals surface area contributed by atoms with Crippen LogP contribution in [0, 0.1) is 0 Å². The van der Waals surface area contributed by atoms with E-state index in [9.17, 15) is 4.79 Å². The van der Waals surface area contributed by atoms with Gasteiger partial charge in [-0.3, -0.25) is 9.69 Å². The molecule has 0 saturated carbocycles. The summed E-state index contributed by atoms with van der Waals surface area (Å²) in [7, 11) is 0. The van der Waals surface area contributed by atoms with E-state index in [0.717, 1.165) is 37.6 Å². The summed E-state index contributed by atoms with van der Waals surface area (Å²) in [4.78, 5) is 14.0. The predicted octanol–water partition coefficient (Wildman–Crippen LogP) is 4.32. The van der Waals surface area contributed by atoms with Crippen LogP contribution in [0.3, 0.4) is 0 Å². The molecule has 0 aliphatic carbocycles. The van der Waals surface area contributed by atoms with Crippen molar-refractivity contribution in [3.63, 3.8) is 0 Å². The third-order valence-electron chi connectivity index (χ3n) is 3.92. The molecule has 1 aromatic carbocycles. The van der Waals surface area contributed by atoms with E-state index in [1.54, 1.807) is 0 Å². The van der Waals surface area contributed by atoms with Gasteiger partial charge in [0.15, 0.2) is 0 Å². The summed E-state index contributed by atoms with van der Waals surface area (Å²) in [6, 6.07) is 7.62. The Morgan fingerprint density at radius 3 is 2.26 bits per heavy atom. The van der Waals surface area contributed by atoms with Crippen molar-refractivity contribution in [1.82, 2.24) is 4.90 Å². The van der Waals surface area contributed by atoms with Gasteiger partial charge in [0.2, 0.25) is 5.91 Å². The van der Waals surface area contributed by atoms with Crippen molar-refractivity contribution in [2.75, 3.05) is 31.6 Å². The Morgan fingerprint density at radius 2 is 1.65 bits per heavy atom. The molecular formula is C19H32N2O2. The number of nitrogens with zero attached hydrogens (tertiary/aromatic N) is 1. The van der Waals surface area contributed by atoms with Gasteiger partial charge in [-0.2, -0.15) is 0 Å². The third kappa shape index (κ3) is 8.60. The lowest BCUT2D eigenvalue weighted by Crippen LogP contribution is -2.32. The third-order valence-corrected chi connectivity index (χ3v) is 3.92. The van der Waals surface area contributed by atoms with Crippen LogP contribution >= 0.6 is 0 Å². The number of benzene rings is 1. The fourth-order valence-corrected chi connectivity index (χ4v) is 2.38. The Bertz CT molecular complexity index is 428. The average Bonchev–Trinajstić information content (AvgIpc) is 2.57. The number of nitrogens with one attached hydrogen (secondary N) is 1. The molecule has 1 N–H and O–H groups in total. The maximum atomic E-state index is 11.9. The SMILES string of the molecule is CCCCCCCOc1ccc(NC(=O)CN(CC)CC)cc1. The second kappa shape index (κ2) is 11.9. The molecule has 0 bridgehead atoms. The average molecular weight is 320 g/mol. The molecule has 1 rings (SSSR count). The minimum Gasteiger partial charge on any atom is -0.494 e. The summed E-state index contributed by atoms with van der Waals surface area (Å²) >= 11 is 0. The largest absolute Gasteiger partial charge is 0.494 e. The number of carbonyl (C=O) groups is 1. The van der Waals surface area contributed by atoms with Gasteiger partial charge in [-0.05, 0) is 43.8 Å². The van der Waals surface area contributed by atoms with Crippen molar-refractivity contribution in [1.29, 1.82) is 0 Å². The number of likely N-dealkylation sites (N-methyl/N-ethyl adjacent to an activating group) is 1. The van der Waals surface area contributed by atoms with Gasteiger partial charge in [-0.25, -0.2) is 0 Å². The molecule has 0 aliphatic heterocycles. The van der Waals surface area contributed by atoms with Crippen molar-refractivity contribution >= 4 is 11.6 Å². The monoisotopic (exact) mass is 320 g/mol. The summed E-state index contributed by atoms with van der Waals surface area (Å²) in [5, 5.41) is 2.92. The van der Waals surface area contributed by atoms with E-state index >= 15 is 0 Å². The standard InChI is InChI=1S/C19H32N2O2/c1-4-7-8-9-10-15-23-18-13-11-17(12-14-18)20-19(22)16-21(5-2)6-3/h11-14H,4-10,15-16H2,1-3H3,(H,20,22). The number of carbonyl (C=O) groups excluding carboxylic acids is 1. The molecule has 23 heavy (non-hydrogen) atoms. The molecule has 0 atom stereocenters. The second-order valence-electron chi connectivity index (χ2n) is 5.80. The van der Waals surface area contributed by atoms with Gasteiger partial charge in [-0.15, -0.1) is 0 Å². The van der Waals surface area contributed by atoms with E-state index in [1.807, 2.05) is 24.3 Å². The van der Waals surface area contributed by atoms with Crippen molar-refractivity contribution in [2.45, 2.75) is 52.9 Å². The Morgan fingerprint density at radius 1 is 1.00 bits per heavy atom. The molecule has 4 heteroatoms. The summed E-state index contributed by atoms with van der Waals surface area (Å²) in [5.41, 5.74) is 0.817. The quantitative estimate of drug-likeness (QED) is 0.583. The topological polar surface area (TPSA) is 41.6 Å². The molecule has 1 aromatic rings. The van der Waals surface area contributed by atoms with Gasteiger partial charge in [-0.1, -0.05) is 46.5 Å².